The van der Waals surface area contributed by atoms with Gasteiger partial charge in [-0.2, -0.15) is 0 Å². The smallest absolute Gasteiger partial charge is 0.410 e. The fourth-order valence-electron chi connectivity index (χ4n) is 5.34. The highest BCUT2D eigenvalue weighted by atomic mass is 28.4. The van der Waals surface area contributed by atoms with Crippen molar-refractivity contribution in [2.75, 3.05) is 20.3 Å². The summed E-state index contributed by atoms with van der Waals surface area (Å²) in [7, 11) is -1.29. The van der Waals surface area contributed by atoms with Gasteiger partial charge in [-0.3, -0.25) is 4.79 Å². The lowest BCUT2D eigenvalue weighted by Gasteiger charge is -2.43. The second-order valence-corrected chi connectivity index (χ2v) is 16.3. The highest BCUT2D eigenvalue weighted by molar-refractivity contribution is 6.99. The van der Waals surface area contributed by atoms with E-state index in [-0.39, 0.29) is 35.5 Å². The summed E-state index contributed by atoms with van der Waals surface area (Å²) in [6.07, 6.45) is 1.23. The minimum Gasteiger partial charge on any atom is -0.469 e. The Kier molecular flexibility index (Phi) is 9.24. The Balaban J connectivity index is 1.89. The lowest BCUT2D eigenvalue weighted by Crippen LogP contribution is -2.67. The molecule has 2 aromatic rings. The summed E-state index contributed by atoms with van der Waals surface area (Å²) in [6, 6.07) is 21.1. The van der Waals surface area contributed by atoms with Crippen molar-refractivity contribution in [2.24, 2.45) is 5.92 Å². The first-order valence-electron chi connectivity index (χ1n) is 13.2. The van der Waals surface area contributed by atoms with Crippen molar-refractivity contribution in [1.29, 1.82) is 0 Å². The molecule has 1 amide bonds. The molecule has 6 nitrogen and oxygen atoms in total. The van der Waals surface area contributed by atoms with Gasteiger partial charge in [0.25, 0.3) is 8.32 Å². The first kappa shape index (κ1) is 28.9. The fourth-order valence-corrected chi connectivity index (χ4v) is 9.98. The third-order valence-electron chi connectivity index (χ3n) is 6.99. The molecule has 1 aliphatic rings. The van der Waals surface area contributed by atoms with Crippen LogP contribution < -0.4 is 10.4 Å². The van der Waals surface area contributed by atoms with Crippen molar-refractivity contribution in [3.63, 3.8) is 0 Å². The summed E-state index contributed by atoms with van der Waals surface area (Å²) >= 11 is 0. The van der Waals surface area contributed by atoms with Crippen LogP contribution >= 0.6 is 0 Å². The SMILES string of the molecule is COC(=O)CC[C@H]1C[C@H](CO[Si](c2ccccc2)(c2ccccc2)C(C)(C)C)CN1C(=O)OC(C)(C)C. The van der Waals surface area contributed by atoms with Gasteiger partial charge in [0.1, 0.15) is 5.60 Å². The van der Waals surface area contributed by atoms with Gasteiger partial charge in [0.15, 0.2) is 0 Å². The molecule has 202 valence electrons. The highest BCUT2D eigenvalue weighted by Crippen LogP contribution is 2.38. The average Bonchev–Trinajstić information content (AvgIpc) is 3.26. The number of likely N-dealkylation sites (tertiary alicyclic amines) is 1. The molecule has 7 heteroatoms. The zero-order chi connectivity index (χ0) is 27.3. The zero-order valence-electron chi connectivity index (χ0n) is 23.5. The molecule has 2 atom stereocenters. The fraction of sp³-hybridized carbons (Fsp3) is 0.533. The maximum Gasteiger partial charge on any atom is 0.410 e. The Morgan fingerprint density at radius 1 is 0.919 bits per heavy atom. The molecule has 1 heterocycles. The van der Waals surface area contributed by atoms with Crippen molar-refractivity contribution in [1.82, 2.24) is 4.90 Å². The molecule has 1 fully saturated rings. The summed E-state index contributed by atoms with van der Waals surface area (Å²) < 4.78 is 17.7. The molecular weight excluding hydrogens is 482 g/mol. The lowest BCUT2D eigenvalue weighted by molar-refractivity contribution is -0.141. The summed E-state index contributed by atoms with van der Waals surface area (Å²) in [5.41, 5.74) is -0.590. The van der Waals surface area contributed by atoms with Crippen LogP contribution in [0.5, 0.6) is 0 Å². The third kappa shape index (κ3) is 7.02. The molecule has 1 aliphatic heterocycles. The van der Waals surface area contributed by atoms with Crippen molar-refractivity contribution >= 4 is 30.8 Å². The Labute approximate surface area is 223 Å². The number of hydrogen-bond donors (Lipinski definition) is 0. The molecule has 0 aliphatic carbocycles. The predicted octanol–water partition coefficient (Wildman–Crippen LogP) is 5.14. The minimum absolute atomic E-state index is 0.0956. The van der Waals surface area contributed by atoms with Crippen LogP contribution in [0.25, 0.3) is 0 Å². The summed E-state index contributed by atoms with van der Waals surface area (Å²) in [5.74, 6) is -0.132. The van der Waals surface area contributed by atoms with E-state index in [1.54, 1.807) is 4.90 Å². The Morgan fingerprint density at radius 3 is 1.92 bits per heavy atom. The third-order valence-corrected chi connectivity index (χ3v) is 12.0. The maximum atomic E-state index is 13.1. The zero-order valence-corrected chi connectivity index (χ0v) is 24.5. The van der Waals surface area contributed by atoms with Gasteiger partial charge in [0.2, 0.25) is 0 Å². The van der Waals surface area contributed by atoms with Gasteiger partial charge in [0, 0.05) is 31.5 Å². The van der Waals surface area contributed by atoms with Crippen LogP contribution in [0.2, 0.25) is 5.04 Å². The van der Waals surface area contributed by atoms with E-state index in [0.717, 1.165) is 6.42 Å². The molecular formula is C30H43NO5Si. The first-order valence-corrected chi connectivity index (χ1v) is 15.1. The van der Waals surface area contributed by atoms with Gasteiger partial charge in [-0.15, -0.1) is 0 Å². The van der Waals surface area contributed by atoms with Crippen molar-refractivity contribution in [2.45, 2.75) is 77.5 Å². The second-order valence-electron chi connectivity index (χ2n) is 12.0. The number of rotatable bonds is 8. The molecule has 2 aromatic carbocycles. The van der Waals surface area contributed by atoms with Crippen LogP contribution in [0, 0.1) is 5.92 Å². The highest BCUT2D eigenvalue weighted by Gasteiger charge is 2.51. The normalized spacial score (nSPS) is 18.5. The molecule has 1 saturated heterocycles. The minimum atomic E-state index is -2.68. The van der Waals surface area contributed by atoms with Gasteiger partial charge in [0.05, 0.1) is 7.11 Å². The molecule has 0 saturated carbocycles. The lowest BCUT2D eigenvalue weighted by atomic mass is 10.0. The number of esters is 1. The molecule has 0 radical (unpaired) electrons. The van der Waals surface area contributed by atoms with Crippen LogP contribution in [0.15, 0.2) is 60.7 Å². The molecule has 37 heavy (non-hydrogen) atoms. The molecule has 3 rings (SSSR count). The number of methoxy groups -OCH3 is 1. The Bertz CT molecular complexity index is 990. The topological polar surface area (TPSA) is 65.1 Å². The van der Waals surface area contributed by atoms with Crippen molar-refractivity contribution in [3.8, 4) is 0 Å². The second kappa shape index (κ2) is 11.8. The predicted molar refractivity (Wildman–Crippen MR) is 150 cm³/mol. The van der Waals surface area contributed by atoms with Crippen LogP contribution in [0.1, 0.15) is 60.8 Å². The van der Waals surface area contributed by atoms with Crippen molar-refractivity contribution < 1.29 is 23.5 Å². The number of amides is 1. The molecule has 0 N–H and O–H groups in total. The van der Waals surface area contributed by atoms with Gasteiger partial charge in [-0.05, 0) is 49.0 Å². The summed E-state index contributed by atoms with van der Waals surface area (Å²) in [6.45, 7) is 13.5. The van der Waals surface area contributed by atoms with Gasteiger partial charge in [-0.25, -0.2) is 4.79 Å². The van der Waals surface area contributed by atoms with E-state index in [0.29, 0.717) is 19.6 Å². The van der Waals surface area contributed by atoms with E-state index in [1.165, 1.54) is 17.5 Å². The maximum absolute atomic E-state index is 13.1. The van der Waals surface area contributed by atoms with Gasteiger partial charge < -0.3 is 18.8 Å². The van der Waals surface area contributed by atoms with E-state index in [4.69, 9.17) is 13.9 Å². The van der Waals surface area contributed by atoms with Crippen LogP contribution in [-0.4, -0.2) is 57.2 Å². The van der Waals surface area contributed by atoms with E-state index in [1.807, 2.05) is 32.9 Å². The summed E-state index contributed by atoms with van der Waals surface area (Å²) in [4.78, 5) is 26.7. The molecule has 0 aromatic heterocycles. The number of hydrogen-bond acceptors (Lipinski definition) is 5. The van der Waals surface area contributed by atoms with Crippen LogP contribution in [0.4, 0.5) is 4.79 Å². The Hall–Kier alpha value is -2.64. The van der Waals surface area contributed by atoms with Crippen LogP contribution in [-0.2, 0) is 18.7 Å². The standard InChI is InChI=1S/C30H43NO5Si/c1-29(2,3)36-28(33)31-21-23(20-24(31)18-19-27(32)34-7)22-35-37(30(4,5)6,25-14-10-8-11-15-25)26-16-12-9-13-17-26/h8-17,23-24H,18-22H2,1-7H3/t23-,24-/m0/s1. The van der Waals surface area contributed by atoms with E-state index in [9.17, 15) is 9.59 Å². The average molecular weight is 526 g/mol. The molecule has 0 spiro atoms. The molecule has 0 bridgehead atoms. The number of nitrogens with zero attached hydrogens (tertiary/aromatic N) is 1. The van der Waals surface area contributed by atoms with E-state index < -0.39 is 13.9 Å². The number of benzene rings is 2. The number of carbonyl (C=O) groups is 2. The van der Waals surface area contributed by atoms with E-state index >= 15 is 0 Å². The molecule has 0 unspecified atom stereocenters. The Morgan fingerprint density at radius 2 is 1.46 bits per heavy atom. The monoisotopic (exact) mass is 525 g/mol. The quantitative estimate of drug-likeness (QED) is 0.353. The first-order chi connectivity index (χ1) is 17.4. The largest absolute Gasteiger partial charge is 0.469 e. The van der Waals surface area contributed by atoms with Crippen molar-refractivity contribution in [3.05, 3.63) is 60.7 Å². The van der Waals surface area contributed by atoms with Gasteiger partial charge in [-0.1, -0.05) is 81.4 Å². The number of ether oxygens (including phenoxy) is 2. The number of carbonyl (C=O) groups excluding carboxylic acids is 2. The van der Waals surface area contributed by atoms with Crippen LogP contribution in [0.3, 0.4) is 0 Å². The van der Waals surface area contributed by atoms with E-state index in [2.05, 4.69) is 69.3 Å². The van der Waals surface area contributed by atoms with Gasteiger partial charge >= 0.3 is 12.1 Å². The summed E-state index contributed by atoms with van der Waals surface area (Å²) in [5, 5.41) is 2.35.